The van der Waals surface area contributed by atoms with Crippen LogP contribution in [0.3, 0.4) is 0 Å². The number of carbonyl (C=O) groups excluding carboxylic acids is 1. The van der Waals surface area contributed by atoms with Gasteiger partial charge in [-0.1, -0.05) is 0 Å². The third-order valence-corrected chi connectivity index (χ3v) is 5.91. The van der Waals surface area contributed by atoms with E-state index in [1.807, 2.05) is 11.6 Å². The lowest BCUT2D eigenvalue weighted by atomic mass is 10.1. The molecule has 3 N–H and O–H groups in total. The summed E-state index contributed by atoms with van der Waals surface area (Å²) >= 11 is 0. The number of nitrogens with zero attached hydrogens (tertiary/aromatic N) is 7. The van der Waals surface area contributed by atoms with Gasteiger partial charge in [0.2, 0.25) is 0 Å². The first-order chi connectivity index (χ1) is 16.4. The van der Waals surface area contributed by atoms with E-state index in [-0.39, 0.29) is 24.0 Å². The molecule has 1 saturated carbocycles. The summed E-state index contributed by atoms with van der Waals surface area (Å²) in [5, 5.41) is 7.18. The maximum absolute atomic E-state index is 13.5. The van der Waals surface area contributed by atoms with Crippen LogP contribution in [-0.2, 0) is 13.6 Å². The van der Waals surface area contributed by atoms with Crippen molar-refractivity contribution in [2.45, 2.75) is 38.4 Å². The van der Waals surface area contributed by atoms with Crippen molar-refractivity contribution in [1.29, 1.82) is 0 Å². The Labute approximate surface area is 193 Å². The number of amides is 1. The van der Waals surface area contributed by atoms with Gasteiger partial charge < -0.3 is 15.6 Å². The van der Waals surface area contributed by atoms with Crippen molar-refractivity contribution >= 4 is 28.4 Å². The molecule has 0 spiro atoms. The quantitative estimate of drug-likeness (QED) is 0.407. The van der Waals surface area contributed by atoms with E-state index < -0.39 is 18.8 Å². The Hall–Kier alpha value is -3.96. The van der Waals surface area contributed by atoms with E-state index in [4.69, 9.17) is 10.7 Å². The molecule has 1 aliphatic rings. The highest BCUT2D eigenvalue weighted by molar-refractivity contribution is 5.98. The third-order valence-electron chi connectivity index (χ3n) is 5.91. The molecular weight excluding hydrogens is 444 g/mol. The van der Waals surface area contributed by atoms with Crippen LogP contribution in [0.5, 0.6) is 0 Å². The van der Waals surface area contributed by atoms with Crippen molar-refractivity contribution in [3.63, 3.8) is 0 Å². The predicted molar refractivity (Wildman–Crippen MR) is 121 cm³/mol. The van der Waals surface area contributed by atoms with Gasteiger partial charge in [-0.15, -0.1) is 0 Å². The zero-order valence-electron chi connectivity index (χ0n) is 18.7. The van der Waals surface area contributed by atoms with Crippen LogP contribution in [0.2, 0.25) is 0 Å². The largest absolute Gasteiger partial charge is 0.364 e. The van der Waals surface area contributed by atoms with Gasteiger partial charge in [-0.05, 0) is 19.8 Å². The fourth-order valence-electron chi connectivity index (χ4n) is 3.88. The van der Waals surface area contributed by atoms with E-state index in [0.717, 1.165) is 24.1 Å². The lowest BCUT2D eigenvalue weighted by Crippen LogP contribution is -2.19. The Morgan fingerprint density at radius 3 is 2.79 bits per heavy atom. The van der Waals surface area contributed by atoms with Crippen LogP contribution in [0, 0.1) is 6.92 Å². The number of imidazole rings is 1. The molecule has 1 aliphatic carbocycles. The molecule has 12 heteroatoms. The Balaban J connectivity index is 1.60. The summed E-state index contributed by atoms with van der Waals surface area (Å²) in [6.45, 7) is 0.399. The summed E-state index contributed by atoms with van der Waals surface area (Å²) in [6.07, 6.45) is 6.77. The molecule has 4 aromatic rings. The molecule has 0 saturated heterocycles. The van der Waals surface area contributed by atoms with Crippen molar-refractivity contribution < 1.29 is 13.6 Å². The predicted octanol–water partition coefficient (Wildman–Crippen LogP) is 2.96. The average Bonchev–Trinajstić information content (AvgIpc) is 3.54. The number of rotatable bonds is 8. The van der Waals surface area contributed by atoms with Gasteiger partial charge in [0.25, 0.3) is 5.91 Å². The van der Waals surface area contributed by atoms with Crippen LogP contribution in [0.25, 0.3) is 22.3 Å². The first kappa shape index (κ1) is 21.9. The minimum atomic E-state index is -1.66. The van der Waals surface area contributed by atoms with Gasteiger partial charge >= 0.3 is 0 Å². The number of aryl methyl sites for hydroxylation is 1. The molecule has 0 aromatic carbocycles. The van der Waals surface area contributed by atoms with Gasteiger partial charge in [0.1, 0.15) is 18.4 Å². The molecule has 4 aromatic heterocycles. The van der Waals surface area contributed by atoms with Gasteiger partial charge in [-0.2, -0.15) is 5.10 Å². The zero-order chi connectivity index (χ0) is 24.0. The van der Waals surface area contributed by atoms with Crippen molar-refractivity contribution in [1.82, 2.24) is 34.3 Å². The Morgan fingerprint density at radius 2 is 2.09 bits per heavy atom. The van der Waals surface area contributed by atoms with E-state index in [0.29, 0.717) is 28.2 Å². The average molecular weight is 467 g/mol. The summed E-state index contributed by atoms with van der Waals surface area (Å²) in [6, 6.07) is 0. The normalized spacial score (nSPS) is 14.5. The molecule has 0 aliphatic heterocycles. The summed E-state index contributed by atoms with van der Waals surface area (Å²) in [4.78, 5) is 30.6. The number of primary amides is 1. The number of pyridine rings is 1. The number of nitrogens with two attached hydrogens (primary N) is 1. The summed E-state index contributed by atoms with van der Waals surface area (Å²) in [7, 11) is 1.87. The van der Waals surface area contributed by atoms with E-state index in [1.165, 1.54) is 10.9 Å². The number of hydrogen-bond donors (Lipinski definition) is 2. The summed E-state index contributed by atoms with van der Waals surface area (Å²) in [5.41, 5.74) is 10.1. The Kier molecular flexibility index (Phi) is 5.42. The van der Waals surface area contributed by atoms with E-state index in [2.05, 4.69) is 25.4 Å². The molecule has 34 heavy (non-hydrogen) atoms. The fraction of sp³-hybridized carbons (Fsp3) is 0.364. The van der Waals surface area contributed by atoms with Crippen LogP contribution >= 0.6 is 0 Å². The maximum atomic E-state index is 13.5. The number of fused-ring (bicyclic) bond motifs is 1. The molecule has 0 unspecified atom stereocenters. The molecule has 1 fully saturated rings. The number of carbonyl (C=O) groups is 1. The molecule has 4 heterocycles. The first-order valence-corrected chi connectivity index (χ1v) is 10.8. The van der Waals surface area contributed by atoms with E-state index >= 15 is 0 Å². The molecular formula is C22H23F2N9O. The second-order valence-corrected chi connectivity index (χ2v) is 8.41. The molecule has 1 amide bonds. The van der Waals surface area contributed by atoms with Gasteiger partial charge in [0.05, 0.1) is 53.6 Å². The molecule has 10 nitrogen and oxygen atoms in total. The Bertz CT molecular complexity index is 1390. The standard InChI is InChI=1S/C22H23F2N9O/c1-11-15(7-28-33(11)9-13(24)5-23)29-22-20(21(25)34)30-19(17(31-22)12-3-4-12)14-6-26-8-16-18(14)27-10-32(16)2/h6-8,10,12-13H,3-5,9H2,1-2H3,(H2,25,34)(H,29,31)/t13-/m1/s1. The number of aromatic nitrogens is 7. The van der Waals surface area contributed by atoms with E-state index in [1.54, 1.807) is 25.6 Å². The second-order valence-electron chi connectivity index (χ2n) is 8.41. The monoisotopic (exact) mass is 467 g/mol. The topological polar surface area (TPSA) is 129 Å². The highest BCUT2D eigenvalue weighted by Crippen LogP contribution is 2.44. The minimum absolute atomic E-state index is 0.0494. The van der Waals surface area contributed by atoms with Gasteiger partial charge in [-0.25, -0.2) is 23.7 Å². The third kappa shape index (κ3) is 3.84. The lowest BCUT2D eigenvalue weighted by molar-refractivity contribution is 0.0996. The van der Waals surface area contributed by atoms with Crippen LogP contribution in [0.4, 0.5) is 20.3 Å². The van der Waals surface area contributed by atoms with Crippen molar-refractivity contribution in [3.05, 3.63) is 42.0 Å². The van der Waals surface area contributed by atoms with Crippen LogP contribution in [0.15, 0.2) is 24.9 Å². The number of alkyl halides is 2. The smallest absolute Gasteiger partial charge is 0.271 e. The van der Waals surface area contributed by atoms with Crippen molar-refractivity contribution in [2.75, 3.05) is 12.0 Å². The number of nitrogens with one attached hydrogen (secondary N) is 1. The van der Waals surface area contributed by atoms with E-state index in [9.17, 15) is 13.6 Å². The first-order valence-electron chi connectivity index (χ1n) is 10.8. The molecule has 5 rings (SSSR count). The van der Waals surface area contributed by atoms with Gasteiger partial charge in [0.15, 0.2) is 11.5 Å². The maximum Gasteiger partial charge on any atom is 0.271 e. The molecule has 0 radical (unpaired) electrons. The Morgan fingerprint density at radius 1 is 1.29 bits per heavy atom. The molecule has 0 bridgehead atoms. The van der Waals surface area contributed by atoms with Crippen molar-refractivity contribution in [3.8, 4) is 11.3 Å². The van der Waals surface area contributed by atoms with Crippen LogP contribution in [-0.4, -0.2) is 53.0 Å². The van der Waals surface area contributed by atoms with Crippen LogP contribution < -0.4 is 11.1 Å². The highest BCUT2D eigenvalue weighted by Gasteiger charge is 2.32. The second kappa shape index (κ2) is 8.43. The summed E-state index contributed by atoms with van der Waals surface area (Å²) in [5.74, 6) is -0.389. The minimum Gasteiger partial charge on any atom is -0.364 e. The number of hydrogen-bond acceptors (Lipinski definition) is 7. The van der Waals surface area contributed by atoms with Gasteiger partial charge in [-0.3, -0.25) is 14.5 Å². The van der Waals surface area contributed by atoms with Gasteiger partial charge in [0, 0.05) is 24.7 Å². The zero-order valence-corrected chi connectivity index (χ0v) is 18.7. The molecule has 176 valence electrons. The molecule has 1 atom stereocenters. The summed E-state index contributed by atoms with van der Waals surface area (Å²) < 4.78 is 29.3. The number of halogens is 2. The lowest BCUT2D eigenvalue weighted by Gasteiger charge is -2.15. The fourth-order valence-corrected chi connectivity index (χ4v) is 3.88. The number of anilines is 2. The van der Waals surface area contributed by atoms with Crippen molar-refractivity contribution in [2.24, 2.45) is 12.8 Å². The SMILES string of the molecule is Cc1c(Nc2nc(C3CC3)c(-c3cncc4c3ncn4C)nc2C(N)=O)cnn1C[C@H](F)CF. The highest BCUT2D eigenvalue weighted by atomic mass is 19.2. The van der Waals surface area contributed by atoms with Crippen LogP contribution in [0.1, 0.15) is 40.6 Å².